The summed E-state index contributed by atoms with van der Waals surface area (Å²) in [6.07, 6.45) is 6.75. The van der Waals surface area contributed by atoms with Gasteiger partial charge in [0.2, 0.25) is 0 Å². The van der Waals surface area contributed by atoms with E-state index in [9.17, 15) is 0 Å². The molecule has 0 spiro atoms. The van der Waals surface area contributed by atoms with Crippen molar-refractivity contribution in [3.05, 3.63) is 29.3 Å². The molecule has 1 aromatic carbocycles. The van der Waals surface area contributed by atoms with Crippen molar-refractivity contribution < 1.29 is 0 Å². The van der Waals surface area contributed by atoms with Crippen LogP contribution in [-0.4, -0.2) is 6.54 Å². The summed E-state index contributed by atoms with van der Waals surface area (Å²) >= 11 is 0. The Bertz CT molecular complexity index is 424. The van der Waals surface area contributed by atoms with Gasteiger partial charge in [0.05, 0.1) is 0 Å². The second-order valence-corrected chi connectivity index (χ2v) is 6.37. The van der Waals surface area contributed by atoms with Gasteiger partial charge in [-0.2, -0.15) is 0 Å². The summed E-state index contributed by atoms with van der Waals surface area (Å²) in [5.41, 5.74) is 4.68. The van der Waals surface area contributed by atoms with Gasteiger partial charge in [-0.3, -0.25) is 0 Å². The van der Waals surface area contributed by atoms with Crippen molar-refractivity contribution in [2.24, 2.45) is 11.8 Å². The van der Waals surface area contributed by atoms with E-state index in [1.54, 1.807) is 11.1 Å². The van der Waals surface area contributed by atoms with Crippen LogP contribution in [-0.2, 0) is 6.42 Å². The van der Waals surface area contributed by atoms with Crippen LogP contribution in [0.3, 0.4) is 0 Å². The van der Waals surface area contributed by atoms with Crippen LogP contribution < -0.4 is 5.32 Å². The van der Waals surface area contributed by atoms with Gasteiger partial charge < -0.3 is 5.32 Å². The average Bonchev–Trinajstić information content (AvgIpc) is 2.41. The normalized spacial score (nSPS) is 31.6. The zero-order valence-electron chi connectivity index (χ0n) is 11.7. The fourth-order valence-electron chi connectivity index (χ4n) is 3.75. The quantitative estimate of drug-likeness (QED) is 0.761. The Kier molecular flexibility index (Phi) is 3.32. The number of fused-ring (bicyclic) bond motifs is 1. The smallest absolute Gasteiger partial charge is 0.0375 e. The highest BCUT2D eigenvalue weighted by Gasteiger charge is 2.27. The van der Waals surface area contributed by atoms with Crippen molar-refractivity contribution in [3.8, 4) is 0 Å². The third-order valence-electron chi connectivity index (χ3n) is 5.17. The number of hydrogen-bond acceptors (Lipinski definition) is 1. The van der Waals surface area contributed by atoms with Crippen LogP contribution in [0.1, 0.15) is 56.6 Å². The minimum absolute atomic E-state index is 0.811. The molecule has 3 rings (SSSR count). The molecule has 3 unspecified atom stereocenters. The molecule has 1 fully saturated rings. The molecular formula is C17H25N. The van der Waals surface area contributed by atoms with Crippen molar-refractivity contribution in [1.82, 2.24) is 0 Å². The number of rotatable bonds is 1. The lowest BCUT2D eigenvalue weighted by molar-refractivity contribution is 0.250. The van der Waals surface area contributed by atoms with Gasteiger partial charge in [0.15, 0.2) is 0 Å². The number of benzene rings is 1. The Balaban J connectivity index is 1.88. The van der Waals surface area contributed by atoms with E-state index < -0.39 is 0 Å². The van der Waals surface area contributed by atoms with Crippen molar-refractivity contribution in [1.29, 1.82) is 0 Å². The summed E-state index contributed by atoms with van der Waals surface area (Å²) < 4.78 is 0. The largest absolute Gasteiger partial charge is 0.385 e. The van der Waals surface area contributed by atoms with Gasteiger partial charge in [0, 0.05) is 12.2 Å². The van der Waals surface area contributed by atoms with Crippen LogP contribution in [0.5, 0.6) is 0 Å². The summed E-state index contributed by atoms with van der Waals surface area (Å²) in [5, 5.41) is 3.56. The molecule has 18 heavy (non-hydrogen) atoms. The molecule has 0 saturated heterocycles. The predicted octanol–water partition coefficient (Wildman–Crippen LogP) is 4.58. The molecule has 0 aromatic heterocycles. The first kappa shape index (κ1) is 12.1. The highest BCUT2D eigenvalue weighted by Crippen LogP contribution is 2.42. The van der Waals surface area contributed by atoms with Crippen molar-refractivity contribution in [2.45, 2.75) is 51.9 Å². The van der Waals surface area contributed by atoms with Crippen LogP contribution in [0.15, 0.2) is 18.2 Å². The van der Waals surface area contributed by atoms with Gasteiger partial charge in [-0.15, -0.1) is 0 Å². The van der Waals surface area contributed by atoms with E-state index in [0.29, 0.717) is 0 Å². The van der Waals surface area contributed by atoms with Gasteiger partial charge in [-0.1, -0.05) is 26.0 Å². The van der Waals surface area contributed by atoms with Crippen LogP contribution in [0.4, 0.5) is 5.69 Å². The molecule has 1 heterocycles. The van der Waals surface area contributed by atoms with Gasteiger partial charge in [-0.05, 0) is 67.1 Å². The van der Waals surface area contributed by atoms with Crippen LogP contribution in [0, 0.1) is 11.8 Å². The standard InChI is InChI=1S/C17H25N/c1-12-8-9-14(11-13(12)2)15-5-3-7-17-16(15)6-4-10-18-17/h3,5,7,12-14,18H,4,6,8-11H2,1-2H3. The Morgan fingerprint density at radius 1 is 1.11 bits per heavy atom. The Morgan fingerprint density at radius 2 is 2.00 bits per heavy atom. The first-order chi connectivity index (χ1) is 8.75. The average molecular weight is 243 g/mol. The maximum Gasteiger partial charge on any atom is 0.0375 e. The first-order valence-electron chi connectivity index (χ1n) is 7.61. The Labute approximate surface area is 111 Å². The lowest BCUT2D eigenvalue weighted by Gasteiger charge is -2.34. The highest BCUT2D eigenvalue weighted by atomic mass is 14.9. The van der Waals surface area contributed by atoms with E-state index in [0.717, 1.165) is 24.3 Å². The molecule has 0 amide bonds. The first-order valence-corrected chi connectivity index (χ1v) is 7.61. The summed E-state index contributed by atoms with van der Waals surface area (Å²) in [6.45, 7) is 6.00. The number of hydrogen-bond donors (Lipinski definition) is 1. The molecule has 98 valence electrons. The molecule has 3 atom stereocenters. The maximum atomic E-state index is 3.56. The molecular weight excluding hydrogens is 218 g/mol. The molecule has 1 aliphatic heterocycles. The fourth-order valence-corrected chi connectivity index (χ4v) is 3.75. The van der Waals surface area contributed by atoms with E-state index >= 15 is 0 Å². The molecule has 1 heteroatoms. The molecule has 1 N–H and O–H groups in total. The van der Waals surface area contributed by atoms with Crippen molar-refractivity contribution >= 4 is 5.69 Å². The topological polar surface area (TPSA) is 12.0 Å². The van der Waals surface area contributed by atoms with E-state index in [4.69, 9.17) is 0 Å². The third kappa shape index (κ3) is 2.15. The summed E-state index contributed by atoms with van der Waals surface area (Å²) in [4.78, 5) is 0. The number of nitrogens with one attached hydrogen (secondary N) is 1. The lowest BCUT2D eigenvalue weighted by Crippen LogP contribution is -2.22. The minimum Gasteiger partial charge on any atom is -0.385 e. The zero-order chi connectivity index (χ0) is 12.5. The molecule has 1 nitrogen and oxygen atoms in total. The maximum absolute atomic E-state index is 3.56. The van der Waals surface area contributed by atoms with E-state index in [-0.39, 0.29) is 0 Å². The lowest BCUT2D eigenvalue weighted by atomic mass is 9.72. The number of anilines is 1. The second kappa shape index (κ2) is 4.95. The summed E-state index contributed by atoms with van der Waals surface area (Å²) in [7, 11) is 0. The molecule has 0 radical (unpaired) electrons. The van der Waals surface area contributed by atoms with Crippen LogP contribution >= 0.6 is 0 Å². The van der Waals surface area contributed by atoms with E-state index in [1.807, 2.05) is 0 Å². The molecule has 2 aliphatic rings. The predicted molar refractivity (Wildman–Crippen MR) is 78.2 cm³/mol. The third-order valence-corrected chi connectivity index (χ3v) is 5.17. The second-order valence-electron chi connectivity index (χ2n) is 6.37. The molecule has 0 bridgehead atoms. The molecule has 1 aromatic rings. The SMILES string of the molecule is CC1CCC(c2cccc3c2CCCN3)CC1C. The van der Waals surface area contributed by atoms with Crippen molar-refractivity contribution in [2.75, 3.05) is 11.9 Å². The summed E-state index contributed by atoms with van der Waals surface area (Å²) in [6, 6.07) is 6.89. The molecule has 1 saturated carbocycles. The Morgan fingerprint density at radius 3 is 2.83 bits per heavy atom. The van der Waals surface area contributed by atoms with Gasteiger partial charge in [-0.25, -0.2) is 0 Å². The minimum atomic E-state index is 0.811. The van der Waals surface area contributed by atoms with Crippen molar-refractivity contribution in [3.63, 3.8) is 0 Å². The van der Waals surface area contributed by atoms with Crippen LogP contribution in [0.2, 0.25) is 0 Å². The monoisotopic (exact) mass is 243 g/mol. The molecule has 1 aliphatic carbocycles. The Hall–Kier alpha value is -0.980. The van der Waals surface area contributed by atoms with Gasteiger partial charge in [0.1, 0.15) is 0 Å². The van der Waals surface area contributed by atoms with Gasteiger partial charge in [0.25, 0.3) is 0 Å². The highest BCUT2D eigenvalue weighted by molar-refractivity contribution is 5.57. The fraction of sp³-hybridized carbons (Fsp3) is 0.647. The van der Waals surface area contributed by atoms with Crippen LogP contribution in [0.25, 0.3) is 0 Å². The zero-order valence-corrected chi connectivity index (χ0v) is 11.7. The van der Waals surface area contributed by atoms with Gasteiger partial charge >= 0.3 is 0 Å². The van der Waals surface area contributed by atoms with E-state index in [2.05, 4.69) is 37.4 Å². The summed E-state index contributed by atoms with van der Waals surface area (Å²) in [5.74, 6) is 2.61. The van der Waals surface area contributed by atoms with E-state index in [1.165, 1.54) is 37.8 Å².